The Morgan fingerprint density at radius 1 is 1.42 bits per heavy atom. The van der Waals surface area contributed by atoms with Crippen molar-refractivity contribution >= 4 is 28.0 Å². The Morgan fingerprint density at radius 3 is 2.67 bits per heavy atom. The molecule has 0 saturated heterocycles. The maximum atomic E-state index is 10.4. The normalized spacial score (nSPS) is 10.5. The zero-order valence-electron chi connectivity index (χ0n) is 6.16. The molecule has 0 aromatic heterocycles. The van der Waals surface area contributed by atoms with Crippen molar-refractivity contribution in [3.63, 3.8) is 0 Å². The minimum Gasteiger partial charge on any atom is -0.397 e. The highest BCUT2D eigenvalue weighted by Gasteiger charge is 2.02. The lowest BCUT2D eigenvalue weighted by molar-refractivity contribution is 0.614. The van der Waals surface area contributed by atoms with Crippen molar-refractivity contribution in [3.8, 4) is 0 Å². The van der Waals surface area contributed by atoms with E-state index in [-0.39, 0.29) is 5.75 Å². The van der Waals surface area contributed by atoms with E-state index in [9.17, 15) is 8.42 Å². The lowest BCUT2D eigenvalue weighted by Crippen LogP contribution is -1.95. The molecule has 0 fully saturated rings. The van der Waals surface area contributed by atoms with Gasteiger partial charge in [0.1, 0.15) is 10.7 Å². The number of hydrogen-bond acceptors (Lipinski definition) is 3. The molecule has 1 aromatic rings. The van der Waals surface area contributed by atoms with Gasteiger partial charge in [0.05, 0.1) is 16.5 Å². The topological polar surface area (TPSA) is 60.2 Å². The lowest BCUT2D eigenvalue weighted by atomic mass is 10.2. The third kappa shape index (κ3) is 2.12. The number of benzene rings is 1. The quantitative estimate of drug-likeness (QED) is 0.560. The third-order valence-electron chi connectivity index (χ3n) is 1.44. The van der Waals surface area contributed by atoms with Gasteiger partial charge >= 0.3 is 0 Å². The van der Waals surface area contributed by atoms with Crippen LogP contribution in [-0.4, -0.2) is 8.42 Å². The monoisotopic (exact) mass is 205 g/mol. The van der Waals surface area contributed by atoms with Crippen LogP contribution in [0.25, 0.3) is 0 Å². The van der Waals surface area contributed by atoms with E-state index in [0.717, 1.165) is 0 Å². The second-order valence-electron chi connectivity index (χ2n) is 2.30. The number of anilines is 1. The molecule has 0 heterocycles. The summed E-state index contributed by atoms with van der Waals surface area (Å²) in [5.41, 5.74) is 6.43. The van der Waals surface area contributed by atoms with Crippen molar-refractivity contribution in [1.29, 1.82) is 0 Å². The van der Waals surface area contributed by atoms with Crippen LogP contribution in [0.2, 0.25) is 5.02 Å². The van der Waals surface area contributed by atoms with Crippen LogP contribution in [-0.2, 0) is 16.5 Å². The first-order valence-electron chi connectivity index (χ1n) is 3.26. The molecule has 0 spiro atoms. The van der Waals surface area contributed by atoms with Crippen LogP contribution in [0.15, 0.2) is 18.2 Å². The Morgan fingerprint density at radius 2 is 2.08 bits per heavy atom. The highest BCUT2D eigenvalue weighted by Crippen LogP contribution is 2.22. The van der Waals surface area contributed by atoms with Crippen LogP contribution in [0, 0.1) is 0 Å². The molecule has 66 valence electrons. The fraction of sp³-hybridized carbons (Fsp3) is 0.143. The van der Waals surface area contributed by atoms with Crippen LogP contribution >= 0.6 is 11.6 Å². The van der Waals surface area contributed by atoms with E-state index in [0.29, 0.717) is 16.3 Å². The zero-order chi connectivity index (χ0) is 9.14. The summed E-state index contributed by atoms with van der Waals surface area (Å²) in [7, 11) is -2.44. The Bertz CT molecular complexity index is 354. The second kappa shape index (κ2) is 3.78. The molecule has 5 heteroatoms. The molecule has 3 nitrogen and oxygen atoms in total. The molecule has 0 saturated carbocycles. The van der Waals surface area contributed by atoms with Gasteiger partial charge in [-0.25, -0.2) is 8.42 Å². The average molecular weight is 206 g/mol. The predicted octanol–water partition coefficient (Wildman–Crippen LogP) is 1.03. The Balaban J connectivity index is 3.08. The van der Waals surface area contributed by atoms with Gasteiger partial charge < -0.3 is 5.73 Å². The van der Waals surface area contributed by atoms with Crippen LogP contribution in [0.3, 0.4) is 0 Å². The molecule has 0 atom stereocenters. The highest BCUT2D eigenvalue weighted by atomic mass is 35.5. The molecule has 0 bridgehead atoms. The molecule has 1 aromatic carbocycles. The van der Waals surface area contributed by atoms with Gasteiger partial charge in [0.15, 0.2) is 0 Å². The smallest absolute Gasteiger partial charge is 0.144 e. The summed E-state index contributed by atoms with van der Waals surface area (Å²) >= 11 is 5.68. The minimum atomic E-state index is -2.44. The number of rotatable bonds is 2. The number of para-hydroxylation sites is 1. The Hall–Kier alpha value is -0.740. The van der Waals surface area contributed by atoms with Crippen LogP contribution in [0.1, 0.15) is 5.56 Å². The number of hydrogen-bond donors (Lipinski definition) is 2. The van der Waals surface area contributed by atoms with E-state index >= 15 is 0 Å². The number of halogens is 1. The fourth-order valence-electron chi connectivity index (χ4n) is 0.859. The molecule has 1 rings (SSSR count). The van der Waals surface area contributed by atoms with E-state index < -0.39 is 10.7 Å². The van der Waals surface area contributed by atoms with Gasteiger partial charge in [-0.1, -0.05) is 23.7 Å². The SMILES string of the molecule is Nc1c(Cl)cccc1C[SH](=O)=O. The molecule has 0 amide bonds. The van der Waals surface area contributed by atoms with Gasteiger partial charge in [0.2, 0.25) is 0 Å². The van der Waals surface area contributed by atoms with Crippen molar-refractivity contribution in [2.45, 2.75) is 5.75 Å². The second-order valence-corrected chi connectivity index (χ2v) is 3.69. The van der Waals surface area contributed by atoms with Gasteiger partial charge in [-0.15, -0.1) is 0 Å². The Labute approximate surface area is 77.1 Å². The molecule has 0 aliphatic heterocycles. The van der Waals surface area contributed by atoms with E-state index in [2.05, 4.69) is 0 Å². The molecule has 0 aliphatic rings. The van der Waals surface area contributed by atoms with E-state index in [4.69, 9.17) is 17.3 Å². The standard InChI is InChI=1S/C7H8ClNO2S/c8-6-3-1-2-5(7(6)9)4-12(10)11/h1-3,12H,4,9H2. The van der Waals surface area contributed by atoms with Crippen molar-refractivity contribution < 1.29 is 8.42 Å². The molecule has 0 radical (unpaired) electrons. The van der Waals surface area contributed by atoms with Gasteiger partial charge in [-0.3, -0.25) is 0 Å². The van der Waals surface area contributed by atoms with E-state index in [1.54, 1.807) is 18.2 Å². The Kier molecular flexibility index (Phi) is 2.94. The largest absolute Gasteiger partial charge is 0.397 e. The first-order chi connectivity index (χ1) is 5.61. The summed E-state index contributed by atoms with van der Waals surface area (Å²) in [5.74, 6) is -0.0538. The van der Waals surface area contributed by atoms with Crippen LogP contribution < -0.4 is 5.73 Å². The summed E-state index contributed by atoms with van der Waals surface area (Å²) < 4.78 is 20.7. The van der Waals surface area contributed by atoms with E-state index in [1.807, 2.05) is 0 Å². The number of nitrogens with two attached hydrogens (primary N) is 1. The number of thiol groups is 1. The summed E-state index contributed by atoms with van der Waals surface area (Å²) in [4.78, 5) is 0. The number of nitrogen functional groups attached to an aromatic ring is 1. The lowest BCUT2D eigenvalue weighted by Gasteiger charge is -2.02. The first kappa shape index (κ1) is 9.35. The van der Waals surface area contributed by atoms with Crippen molar-refractivity contribution in [2.75, 3.05) is 5.73 Å². The zero-order valence-corrected chi connectivity index (χ0v) is 7.81. The average Bonchev–Trinajstić information content (AvgIpc) is 1.98. The molecular weight excluding hydrogens is 198 g/mol. The fourth-order valence-corrected chi connectivity index (χ4v) is 1.61. The minimum absolute atomic E-state index is 0.0538. The molecule has 2 N–H and O–H groups in total. The predicted molar refractivity (Wildman–Crippen MR) is 49.9 cm³/mol. The molecule has 12 heavy (non-hydrogen) atoms. The third-order valence-corrected chi connectivity index (χ3v) is 2.37. The maximum Gasteiger partial charge on any atom is 0.144 e. The van der Waals surface area contributed by atoms with Crippen LogP contribution in [0.4, 0.5) is 5.69 Å². The highest BCUT2D eigenvalue weighted by molar-refractivity contribution is 7.71. The van der Waals surface area contributed by atoms with Gasteiger partial charge in [0.25, 0.3) is 0 Å². The van der Waals surface area contributed by atoms with E-state index in [1.165, 1.54) is 0 Å². The van der Waals surface area contributed by atoms with Crippen molar-refractivity contribution in [1.82, 2.24) is 0 Å². The molecule has 0 unspecified atom stereocenters. The summed E-state index contributed by atoms with van der Waals surface area (Å²) in [6.07, 6.45) is 0. The molecular formula is C7H8ClNO2S. The van der Waals surface area contributed by atoms with Gasteiger partial charge in [-0.05, 0) is 11.6 Å². The van der Waals surface area contributed by atoms with Crippen molar-refractivity contribution in [2.24, 2.45) is 0 Å². The van der Waals surface area contributed by atoms with Gasteiger partial charge in [-0.2, -0.15) is 0 Å². The summed E-state index contributed by atoms with van der Waals surface area (Å²) in [6.45, 7) is 0. The maximum absolute atomic E-state index is 10.4. The summed E-state index contributed by atoms with van der Waals surface area (Å²) in [6, 6.07) is 4.94. The first-order valence-corrected chi connectivity index (χ1v) is 5.00. The van der Waals surface area contributed by atoms with Crippen LogP contribution in [0.5, 0.6) is 0 Å². The van der Waals surface area contributed by atoms with Crippen molar-refractivity contribution in [3.05, 3.63) is 28.8 Å². The molecule has 0 aliphatic carbocycles. The van der Waals surface area contributed by atoms with Gasteiger partial charge in [0, 0.05) is 0 Å². The summed E-state index contributed by atoms with van der Waals surface area (Å²) in [5, 5.41) is 0.393.